The van der Waals surface area contributed by atoms with Crippen LogP contribution in [0.15, 0.2) is 42.5 Å². The molecule has 0 N–H and O–H groups in total. The lowest BCUT2D eigenvalue weighted by molar-refractivity contribution is -0.384. The van der Waals surface area contributed by atoms with Crippen molar-refractivity contribution in [2.45, 2.75) is 6.92 Å². The first-order valence-electron chi connectivity index (χ1n) is 9.97. The standard InChI is InChI=1S/C22H21ClN4O4S/c1-14-20(32-21(24-14)15-3-6-17(31-2)7-4-15)22(28)26-11-9-25(10-12-26)18-8-5-16(23)13-19(18)27(29)30/h3-8,13H,9-12H2,1-2H3. The molecule has 0 atom stereocenters. The molecular weight excluding hydrogens is 452 g/mol. The topological polar surface area (TPSA) is 88.8 Å². The van der Waals surface area contributed by atoms with Crippen molar-refractivity contribution in [2.75, 3.05) is 38.2 Å². The molecule has 0 bridgehead atoms. The van der Waals surface area contributed by atoms with Gasteiger partial charge in [-0.25, -0.2) is 4.98 Å². The lowest BCUT2D eigenvalue weighted by atomic mass is 10.2. The van der Waals surface area contributed by atoms with Gasteiger partial charge in [0.2, 0.25) is 0 Å². The summed E-state index contributed by atoms with van der Waals surface area (Å²) in [6.45, 7) is 3.76. The number of nitrogens with zero attached hydrogens (tertiary/aromatic N) is 4. The molecule has 8 nitrogen and oxygen atoms in total. The Morgan fingerprint density at radius 1 is 1.16 bits per heavy atom. The van der Waals surface area contributed by atoms with E-state index in [9.17, 15) is 14.9 Å². The second-order valence-corrected chi connectivity index (χ2v) is 8.77. The van der Waals surface area contributed by atoms with Crippen molar-refractivity contribution in [3.8, 4) is 16.3 Å². The molecule has 1 aromatic heterocycles. The van der Waals surface area contributed by atoms with Crippen LogP contribution in [0.4, 0.5) is 11.4 Å². The Morgan fingerprint density at radius 3 is 2.47 bits per heavy atom. The van der Waals surface area contributed by atoms with E-state index in [4.69, 9.17) is 16.3 Å². The molecule has 2 heterocycles. The fourth-order valence-corrected chi connectivity index (χ4v) is 4.86. The lowest BCUT2D eigenvalue weighted by Gasteiger charge is -2.35. The largest absolute Gasteiger partial charge is 0.497 e. The van der Waals surface area contributed by atoms with Crippen LogP contribution < -0.4 is 9.64 Å². The lowest BCUT2D eigenvalue weighted by Crippen LogP contribution is -2.48. The van der Waals surface area contributed by atoms with Crippen LogP contribution in [0.3, 0.4) is 0 Å². The van der Waals surface area contributed by atoms with Gasteiger partial charge in [0.25, 0.3) is 11.6 Å². The highest BCUT2D eigenvalue weighted by Crippen LogP contribution is 2.33. The Hall–Kier alpha value is -3.17. The summed E-state index contributed by atoms with van der Waals surface area (Å²) in [5, 5.41) is 12.5. The van der Waals surface area contributed by atoms with E-state index < -0.39 is 4.92 Å². The number of ether oxygens (including phenoxy) is 1. The van der Waals surface area contributed by atoms with Gasteiger partial charge in [-0.15, -0.1) is 11.3 Å². The van der Waals surface area contributed by atoms with Crippen LogP contribution in [0, 0.1) is 17.0 Å². The van der Waals surface area contributed by atoms with Crippen molar-refractivity contribution in [2.24, 2.45) is 0 Å². The summed E-state index contributed by atoms with van der Waals surface area (Å²) in [7, 11) is 1.62. The molecule has 4 rings (SSSR count). The molecule has 0 saturated carbocycles. The Morgan fingerprint density at radius 2 is 1.84 bits per heavy atom. The number of hydrogen-bond acceptors (Lipinski definition) is 7. The third kappa shape index (κ3) is 4.39. The molecule has 0 unspecified atom stereocenters. The van der Waals surface area contributed by atoms with Crippen LogP contribution in [0.1, 0.15) is 15.4 Å². The smallest absolute Gasteiger partial charge is 0.294 e. The van der Waals surface area contributed by atoms with E-state index in [0.29, 0.717) is 47.5 Å². The molecule has 1 aliphatic heterocycles. The number of rotatable bonds is 5. The number of carbonyl (C=O) groups is 1. The third-order valence-corrected chi connectivity index (χ3v) is 6.80. The number of anilines is 1. The first-order valence-corrected chi connectivity index (χ1v) is 11.2. The van der Waals surface area contributed by atoms with E-state index in [1.54, 1.807) is 24.1 Å². The number of amides is 1. The highest BCUT2D eigenvalue weighted by atomic mass is 35.5. The summed E-state index contributed by atoms with van der Waals surface area (Å²) in [5.74, 6) is 0.696. The number of nitro benzene ring substituents is 1. The van der Waals surface area contributed by atoms with E-state index in [0.717, 1.165) is 16.3 Å². The van der Waals surface area contributed by atoms with Gasteiger partial charge < -0.3 is 14.5 Å². The molecule has 2 aromatic carbocycles. The van der Waals surface area contributed by atoms with Crippen molar-refractivity contribution in [3.05, 3.63) is 68.2 Å². The van der Waals surface area contributed by atoms with E-state index in [-0.39, 0.29) is 11.6 Å². The molecule has 1 fully saturated rings. The van der Waals surface area contributed by atoms with E-state index >= 15 is 0 Å². The number of hydrogen-bond donors (Lipinski definition) is 0. The number of methoxy groups -OCH3 is 1. The molecule has 32 heavy (non-hydrogen) atoms. The first kappa shape index (κ1) is 22.0. The van der Waals surface area contributed by atoms with Crippen LogP contribution in [0.25, 0.3) is 10.6 Å². The van der Waals surface area contributed by atoms with Gasteiger partial charge in [0.05, 0.1) is 17.7 Å². The molecule has 0 radical (unpaired) electrons. The third-order valence-electron chi connectivity index (χ3n) is 5.37. The minimum absolute atomic E-state index is 0.0280. The normalized spacial score (nSPS) is 13.8. The van der Waals surface area contributed by atoms with Crippen molar-refractivity contribution < 1.29 is 14.5 Å². The summed E-state index contributed by atoms with van der Waals surface area (Å²) in [4.78, 5) is 33.0. The summed E-state index contributed by atoms with van der Waals surface area (Å²) < 4.78 is 5.19. The monoisotopic (exact) mass is 472 g/mol. The van der Waals surface area contributed by atoms with Gasteiger partial charge in [-0.2, -0.15) is 0 Å². The molecule has 1 saturated heterocycles. The number of nitro groups is 1. The highest BCUT2D eigenvalue weighted by Gasteiger charge is 2.28. The SMILES string of the molecule is COc1ccc(-c2nc(C)c(C(=O)N3CCN(c4ccc(Cl)cc4[N+](=O)[O-])CC3)s2)cc1. The maximum atomic E-state index is 13.2. The summed E-state index contributed by atoms with van der Waals surface area (Å²) in [6, 6.07) is 12.2. The number of halogens is 1. The fourth-order valence-electron chi connectivity index (χ4n) is 3.66. The second-order valence-electron chi connectivity index (χ2n) is 7.33. The number of aromatic nitrogens is 1. The minimum Gasteiger partial charge on any atom is -0.497 e. The quantitative estimate of drug-likeness (QED) is 0.396. The number of thiazole rings is 1. The molecule has 166 valence electrons. The van der Waals surface area contributed by atoms with Gasteiger partial charge in [0.1, 0.15) is 21.3 Å². The van der Waals surface area contributed by atoms with Crippen molar-refractivity contribution in [1.82, 2.24) is 9.88 Å². The average Bonchev–Trinajstić information content (AvgIpc) is 3.20. The number of aryl methyl sites for hydroxylation is 1. The number of piperazine rings is 1. The zero-order chi connectivity index (χ0) is 22.8. The molecular formula is C22H21ClN4O4S. The molecule has 0 spiro atoms. The fraction of sp³-hybridized carbons (Fsp3) is 0.273. The average molecular weight is 473 g/mol. The Bertz CT molecular complexity index is 1160. The van der Waals surface area contributed by atoms with E-state index in [1.165, 1.54) is 17.4 Å². The van der Waals surface area contributed by atoms with Gasteiger partial charge in [0, 0.05) is 42.8 Å². The minimum atomic E-state index is -0.430. The van der Waals surface area contributed by atoms with E-state index in [1.807, 2.05) is 36.1 Å². The van der Waals surface area contributed by atoms with Crippen molar-refractivity contribution in [1.29, 1.82) is 0 Å². The van der Waals surface area contributed by atoms with Crippen LogP contribution in [0.2, 0.25) is 5.02 Å². The Balaban J connectivity index is 1.47. The van der Waals surface area contributed by atoms with Gasteiger partial charge in [-0.1, -0.05) is 11.6 Å². The van der Waals surface area contributed by atoms with Crippen LogP contribution in [-0.2, 0) is 0 Å². The van der Waals surface area contributed by atoms with Crippen LogP contribution >= 0.6 is 22.9 Å². The summed E-state index contributed by atoms with van der Waals surface area (Å²) in [6.07, 6.45) is 0. The zero-order valence-corrected chi connectivity index (χ0v) is 19.2. The molecule has 3 aromatic rings. The zero-order valence-electron chi connectivity index (χ0n) is 17.6. The van der Waals surface area contributed by atoms with Gasteiger partial charge in [-0.05, 0) is 43.3 Å². The Kier molecular flexibility index (Phi) is 6.29. The Labute approximate surface area is 194 Å². The van der Waals surface area contributed by atoms with E-state index in [2.05, 4.69) is 4.98 Å². The summed E-state index contributed by atoms with van der Waals surface area (Å²) in [5.41, 5.74) is 2.11. The van der Waals surface area contributed by atoms with Crippen molar-refractivity contribution in [3.63, 3.8) is 0 Å². The van der Waals surface area contributed by atoms with Gasteiger partial charge in [-0.3, -0.25) is 14.9 Å². The maximum absolute atomic E-state index is 13.2. The van der Waals surface area contributed by atoms with Gasteiger partial charge >= 0.3 is 0 Å². The molecule has 1 amide bonds. The van der Waals surface area contributed by atoms with Crippen molar-refractivity contribution >= 4 is 40.2 Å². The predicted octanol–water partition coefficient (Wildman–Crippen LogP) is 4.65. The number of benzene rings is 2. The predicted molar refractivity (Wildman–Crippen MR) is 125 cm³/mol. The number of carbonyl (C=O) groups excluding carboxylic acids is 1. The first-order chi connectivity index (χ1) is 15.4. The highest BCUT2D eigenvalue weighted by molar-refractivity contribution is 7.17. The van der Waals surface area contributed by atoms with Gasteiger partial charge in [0.15, 0.2) is 0 Å². The van der Waals surface area contributed by atoms with Crippen LogP contribution in [0.5, 0.6) is 5.75 Å². The second kappa shape index (κ2) is 9.13. The summed E-state index contributed by atoms with van der Waals surface area (Å²) >= 11 is 7.29. The molecule has 1 aliphatic rings. The maximum Gasteiger partial charge on any atom is 0.294 e. The molecule has 10 heteroatoms. The molecule has 0 aliphatic carbocycles. The van der Waals surface area contributed by atoms with Crippen LogP contribution in [-0.4, -0.2) is 54.0 Å².